The van der Waals surface area contributed by atoms with Crippen LogP contribution in [0.4, 0.5) is 8.78 Å². The van der Waals surface area contributed by atoms with Crippen LogP contribution < -0.4 is 4.74 Å². The topological polar surface area (TPSA) is 26.3 Å². The van der Waals surface area contributed by atoms with Crippen molar-refractivity contribution in [2.24, 2.45) is 0 Å². The minimum absolute atomic E-state index is 0.0963. The van der Waals surface area contributed by atoms with Crippen molar-refractivity contribution in [1.29, 1.82) is 0 Å². The summed E-state index contributed by atoms with van der Waals surface area (Å²) in [7, 11) is 1.33. The molecule has 104 valence electrons. The number of carbonyl (C=O) groups is 1. The van der Waals surface area contributed by atoms with E-state index in [4.69, 9.17) is 4.74 Å². The standard InChI is InChI=1S/C14H8Br2F2O2/c1-20-13-6-12(18)10(16)5-8(13)14(19)7-2-3-9(15)11(17)4-7/h2-6H,1H3. The molecule has 0 amide bonds. The molecule has 0 fully saturated rings. The molecule has 0 aliphatic rings. The van der Waals surface area contributed by atoms with Gasteiger partial charge in [-0.1, -0.05) is 0 Å². The van der Waals surface area contributed by atoms with Gasteiger partial charge in [-0.15, -0.1) is 0 Å². The van der Waals surface area contributed by atoms with Crippen LogP contribution in [-0.2, 0) is 0 Å². The van der Waals surface area contributed by atoms with Crippen molar-refractivity contribution in [2.45, 2.75) is 0 Å². The van der Waals surface area contributed by atoms with Gasteiger partial charge in [-0.25, -0.2) is 8.78 Å². The van der Waals surface area contributed by atoms with Crippen molar-refractivity contribution in [1.82, 2.24) is 0 Å². The Hall–Kier alpha value is -1.27. The molecule has 0 saturated carbocycles. The highest BCUT2D eigenvalue weighted by Gasteiger charge is 2.18. The summed E-state index contributed by atoms with van der Waals surface area (Å²) in [4.78, 5) is 12.3. The number of hydrogen-bond donors (Lipinski definition) is 0. The van der Waals surface area contributed by atoms with Gasteiger partial charge in [0.2, 0.25) is 0 Å². The lowest BCUT2D eigenvalue weighted by Gasteiger charge is -2.09. The van der Waals surface area contributed by atoms with Crippen LogP contribution in [0.1, 0.15) is 15.9 Å². The Balaban J connectivity index is 2.52. The van der Waals surface area contributed by atoms with Gasteiger partial charge in [0.25, 0.3) is 0 Å². The summed E-state index contributed by atoms with van der Waals surface area (Å²) < 4.78 is 32.3. The molecule has 0 unspecified atom stereocenters. The summed E-state index contributed by atoms with van der Waals surface area (Å²) in [6.07, 6.45) is 0. The van der Waals surface area contributed by atoms with E-state index in [-0.39, 0.29) is 25.8 Å². The lowest BCUT2D eigenvalue weighted by molar-refractivity contribution is 0.103. The minimum Gasteiger partial charge on any atom is -0.496 e. The summed E-state index contributed by atoms with van der Waals surface area (Å²) in [5.41, 5.74) is 0.310. The van der Waals surface area contributed by atoms with Gasteiger partial charge in [0.15, 0.2) is 5.78 Å². The van der Waals surface area contributed by atoms with E-state index in [0.29, 0.717) is 0 Å². The number of ketones is 1. The molecule has 0 bridgehead atoms. The van der Waals surface area contributed by atoms with E-state index in [0.717, 1.165) is 12.1 Å². The monoisotopic (exact) mass is 404 g/mol. The molecule has 0 aliphatic heterocycles. The second-order valence-corrected chi connectivity index (χ2v) is 5.63. The molecule has 0 aliphatic carbocycles. The number of benzene rings is 2. The van der Waals surface area contributed by atoms with Gasteiger partial charge in [0.05, 0.1) is 21.6 Å². The Morgan fingerprint density at radius 3 is 2.30 bits per heavy atom. The third-order valence-electron chi connectivity index (χ3n) is 2.67. The summed E-state index contributed by atoms with van der Waals surface area (Å²) in [6.45, 7) is 0. The Kier molecular flexibility index (Phi) is 4.55. The van der Waals surface area contributed by atoms with E-state index in [9.17, 15) is 13.6 Å². The highest BCUT2D eigenvalue weighted by Crippen LogP contribution is 2.29. The maximum atomic E-state index is 13.5. The van der Waals surface area contributed by atoms with Crippen molar-refractivity contribution >= 4 is 37.6 Å². The van der Waals surface area contributed by atoms with Crippen LogP contribution in [-0.4, -0.2) is 12.9 Å². The van der Waals surface area contributed by atoms with Crippen LogP contribution in [0.15, 0.2) is 39.3 Å². The van der Waals surface area contributed by atoms with Gasteiger partial charge in [-0.3, -0.25) is 4.79 Å². The van der Waals surface area contributed by atoms with Gasteiger partial charge < -0.3 is 4.74 Å². The Labute approximate surface area is 131 Å². The predicted molar refractivity (Wildman–Crippen MR) is 78.2 cm³/mol. The van der Waals surface area contributed by atoms with E-state index in [2.05, 4.69) is 31.9 Å². The number of rotatable bonds is 3. The summed E-state index contributed by atoms with van der Waals surface area (Å²) in [5, 5.41) is 0. The molecule has 2 nitrogen and oxygen atoms in total. The normalized spacial score (nSPS) is 10.4. The quantitative estimate of drug-likeness (QED) is 0.690. The van der Waals surface area contributed by atoms with Crippen LogP contribution in [0.25, 0.3) is 0 Å². The number of ether oxygens (including phenoxy) is 1. The fourth-order valence-electron chi connectivity index (χ4n) is 1.67. The molecule has 2 rings (SSSR count). The maximum Gasteiger partial charge on any atom is 0.196 e. The Morgan fingerprint density at radius 1 is 1.05 bits per heavy atom. The van der Waals surface area contributed by atoms with Gasteiger partial charge in [0, 0.05) is 11.6 Å². The van der Waals surface area contributed by atoms with Crippen LogP contribution in [0.3, 0.4) is 0 Å². The van der Waals surface area contributed by atoms with Crippen LogP contribution in [0.2, 0.25) is 0 Å². The predicted octanol–water partition coefficient (Wildman–Crippen LogP) is 4.73. The van der Waals surface area contributed by atoms with Gasteiger partial charge >= 0.3 is 0 Å². The molecule has 0 N–H and O–H groups in total. The first kappa shape index (κ1) is 15.1. The van der Waals surface area contributed by atoms with Crippen molar-refractivity contribution in [3.8, 4) is 5.75 Å². The average molecular weight is 406 g/mol. The molecule has 2 aromatic carbocycles. The summed E-state index contributed by atoms with van der Waals surface area (Å²) in [5.74, 6) is -1.44. The maximum absolute atomic E-state index is 13.5. The van der Waals surface area contributed by atoms with Crippen LogP contribution in [0.5, 0.6) is 5.75 Å². The van der Waals surface area contributed by atoms with Gasteiger partial charge in [0.1, 0.15) is 17.4 Å². The molecule has 0 radical (unpaired) electrons. The zero-order valence-electron chi connectivity index (χ0n) is 10.2. The second kappa shape index (κ2) is 6.01. The molecule has 0 aromatic heterocycles. The molecule has 0 atom stereocenters. The van der Waals surface area contributed by atoms with Crippen LogP contribution >= 0.6 is 31.9 Å². The number of carbonyl (C=O) groups excluding carboxylic acids is 1. The number of halogens is 4. The molecule has 6 heteroatoms. The molecule has 2 aromatic rings. The Bertz CT molecular complexity index is 687. The number of hydrogen-bond acceptors (Lipinski definition) is 2. The average Bonchev–Trinajstić information content (AvgIpc) is 2.43. The third-order valence-corrected chi connectivity index (χ3v) is 3.92. The van der Waals surface area contributed by atoms with Crippen LogP contribution in [0, 0.1) is 11.6 Å². The lowest BCUT2D eigenvalue weighted by Crippen LogP contribution is -2.05. The molecule has 0 saturated heterocycles. The summed E-state index contributed by atoms with van der Waals surface area (Å²) in [6, 6.07) is 6.45. The SMILES string of the molecule is COc1cc(F)c(Br)cc1C(=O)c1ccc(Br)c(F)c1. The first-order valence-electron chi connectivity index (χ1n) is 5.47. The minimum atomic E-state index is -0.545. The van der Waals surface area contributed by atoms with E-state index >= 15 is 0 Å². The third kappa shape index (κ3) is 2.91. The largest absolute Gasteiger partial charge is 0.496 e. The fourth-order valence-corrected chi connectivity index (χ4v) is 2.26. The summed E-state index contributed by atoms with van der Waals surface area (Å²) >= 11 is 6.03. The van der Waals surface area contributed by atoms with Crippen molar-refractivity contribution in [2.75, 3.05) is 7.11 Å². The van der Waals surface area contributed by atoms with E-state index in [1.807, 2.05) is 0 Å². The van der Waals surface area contributed by atoms with E-state index in [1.54, 1.807) is 0 Å². The van der Waals surface area contributed by atoms with Crippen molar-refractivity contribution in [3.63, 3.8) is 0 Å². The smallest absolute Gasteiger partial charge is 0.196 e. The van der Waals surface area contributed by atoms with Crippen molar-refractivity contribution in [3.05, 3.63) is 62.0 Å². The molecule has 20 heavy (non-hydrogen) atoms. The highest BCUT2D eigenvalue weighted by molar-refractivity contribution is 9.10. The van der Waals surface area contributed by atoms with Crippen molar-refractivity contribution < 1.29 is 18.3 Å². The van der Waals surface area contributed by atoms with Gasteiger partial charge in [-0.2, -0.15) is 0 Å². The number of methoxy groups -OCH3 is 1. The zero-order valence-corrected chi connectivity index (χ0v) is 13.4. The fraction of sp³-hybridized carbons (Fsp3) is 0.0714. The zero-order chi connectivity index (χ0) is 14.9. The molecular weight excluding hydrogens is 398 g/mol. The Morgan fingerprint density at radius 2 is 1.70 bits per heavy atom. The van der Waals surface area contributed by atoms with Gasteiger partial charge in [-0.05, 0) is 56.1 Å². The molecule has 0 spiro atoms. The highest BCUT2D eigenvalue weighted by atomic mass is 79.9. The molecule has 0 heterocycles. The lowest BCUT2D eigenvalue weighted by atomic mass is 10.0. The first-order chi connectivity index (χ1) is 9.43. The second-order valence-electron chi connectivity index (χ2n) is 3.92. The van der Waals surface area contributed by atoms with E-state index in [1.165, 1.54) is 25.3 Å². The first-order valence-corrected chi connectivity index (χ1v) is 7.05. The molecular formula is C14H8Br2F2O2. The van der Waals surface area contributed by atoms with E-state index < -0.39 is 17.4 Å².